The number of fused-ring (bicyclic) bond motifs is 1. The zero-order chi connectivity index (χ0) is 16.2. The normalized spacial score (nSPS) is 32.9. The Morgan fingerprint density at radius 1 is 1.22 bits per heavy atom. The molecule has 124 valence electrons. The van der Waals surface area contributed by atoms with Crippen molar-refractivity contribution < 1.29 is 14.3 Å². The highest BCUT2D eigenvalue weighted by atomic mass is 16.5. The van der Waals surface area contributed by atoms with Crippen LogP contribution in [0, 0.1) is 5.92 Å². The summed E-state index contributed by atoms with van der Waals surface area (Å²) in [6, 6.07) is 4.83. The van der Waals surface area contributed by atoms with Gasteiger partial charge in [0.15, 0.2) is 11.5 Å². The third-order valence-corrected chi connectivity index (χ3v) is 6.47. The van der Waals surface area contributed by atoms with Crippen LogP contribution < -0.4 is 9.47 Å². The Labute approximate surface area is 137 Å². The van der Waals surface area contributed by atoms with Gasteiger partial charge in [0.2, 0.25) is 0 Å². The summed E-state index contributed by atoms with van der Waals surface area (Å²) in [7, 11) is 5.60. The largest absolute Gasteiger partial charge is 0.493 e. The van der Waals surface area contributed by atoms with Crippen LogP contribution in [-0.4, -0.2) is 44.5 Å². The van der Waals surface area contributed by atoms with Crippen LogP contribution in [0.15, 0.2) is 12.1 Å². The number of likely N-dealkylation sites (N-methyl/N-ethyl adjacent to an activating group) is 1. The summed E-state index contributed by atoms with van der Waals surface area (Å²) in [5, 5.41) is 0. The second-order valence-corrected chi connectivity index (χ2v) is 7.38. The molecule has 2 aliphatic carbocycles. The van der Waals surface area contributed by atoms with Gasteiger partial charge in [-0.2, -0.15) is 0 Å². The topological polar surface area (TPSA) is 38.8 Å². The third kappa shape index (κ3) is 2.04. The molecular weight excluding hydrogens is 290 g/mol. The van der Waals surface area contributed by atoms with Crippen molar-refractivity contribution in [2.75, 3.05) is 27.8 Å². The summed E-state index contributed by atoms with van der Waals surface area (Å²) in [5.41, 5.74) is 2.70. The van der Waals surface area contributed by atoms with Crippen molar-refractivity contribution in [2.45, 2.75) is 43.6 Å². The molecule has 4 nitrogen and oxygen atoms in total. The van der Waals surface area contributed by atoms with Gasteiger partial charge in [-0.3, -0.25) is 4.79 Å². The highest BCUT2D eigenvalue weighted by Crippen LogP contribution is 2.56. The van der Waals surface area contributed by atoms with E-state index in [2.05, 4.69) is 24.1 Å². The van der Waals surface area contributed by atoms with Gasteiger partial charge in [-0.1, -0.05) is 0 Å². The molecule has 0 spiro atoms. The molecule has 0 radical (unpaired) electrons. The Hall–Kier alpha value is -1.55. The smallest absolute Gasteiger partial charge is 0.161 e. The van der Waals surface area contributed by atoms with Crippen molar-refractivity contribution in [2.24, 2.45) is 5.92 Å². The maximum absolute atomic E-state index is 12.3. The number of hydrogen-bond acceptors (Lipinski definition) is 4. The number of methoxy groups -OCH3 is 2. The molecule has 4 rings (SSSR count). The maximum atomic E-state index is 12.3. The molecule has 0 aromatic heterocycles. The fraction of sp³-hybridized carbons (Fsp3) is 0.632. The number of ether oxygens (including phenoxy) is 2. The van der Waals surface area contributed by atoms with E-state index in [1.54, 1.807) is 14.2 Å². The van der Waals surface area contributed by atoms with Gasteiger partial charge in [0.05, 0.1) is 14.2 Å². The lowest BCUT2D eigenvalue weighted by Crippen LogP contribution is -2.60. The zero-order valence-corrected chi connectivity index (χ0v) is 14.2. The van der Waals surface area contributed by atoms with Gasteiger partial charge in [0.1, 0.15) is 5.78 Å². The summed E-state index contributed by atoms with van der Waals surface area (Å²) in [5.74, 6) is 2.59. The van der Waals surface area contributed by atoms with Crippen LogP contribution in [-0.2, 0) is 16.6 Å². The standard InChI is InChI=1S/C19H25NO3/c1-20-7-6-19-11-13(21)4-5-14(19)16(20)8-12-9-17(22-2)18(23-3)10-15(12)19/h9-10,14,16H,4-8,11H2,1-3H3/t14-,16+,19-/m0/s1. The van der Waals surface area contributed by atoms with Crippen LogP contribution in [0.3, 0.4) is 0 Å². The molecule has 1 aromatic rings. The lowest BCUT2D eigenvalue weighted by atomic mass is 9.52. The number of nitrogens with zero attached hydrogens (tertiary/aromatic N) is 1. The quantitative estimate of drug-likeness (QED) is 0.841. The molecule has 4 heteroatoms. The van der Waals surface area contributed by atoms with Crippen LogP contribution in [0.2, 0.25) is 0 Å². The van der Waals surface area contributed by atoms with E-state index >= 15 is 0 Å². The van der Waals surface area contributed by atoms with E-state index < -0.39 is 0 Å². The van der Waals surface area contributed by atoms with E-state index in [0.717, 1.165) is 43.7 Å². The number of Topliss-reactive ketones (excluding diaryl/α,β-unsaturated/α-hetero) is 1. The fourth-order valence-electron chi connectivity index (χ4n) is 5.35. The first-order valence-corrected chi connectivity index (χ1v) is 8.56. The van der Waals surface area contributed by atoms with Crippen molar-refractivity contribution in [1.29, 1.82) is 0 Å². The molecule has 2 bridgehead atoms. The molecule has 1 aromatic carbocycles. The molecule has 1 saturated carbocycles. The molecule has 1 saturated heterocycles. The number of rotatable bonds is 2. The predicted octanol–water partition coefficient (Wildman–Crippen LogP) is 2.57. The molecule has 3 aliphatic rings. The summed E-state index contributed by atoms with van der Waals surface area (Å²) < 4.78 is 11.0. The van der Waals surface area contributed by atoms with Gasteiger partial charge in [0, 0.05) is 24.3 Å². The lowest BCUT2D eigenvalue weighted by Gasteiger charge is -2.58. The molecule has 0 N–H and O–H groups in total. The summed E-state index contributed by atoms with van der Waals surface area (Å²) in [6.45, 7) is 1.07. The highest BCUT2D eigenvalue weighted by molar-refractivity contribution is 5.81. The van der Waals surface area contributed by atoms with Crippen molar-refractivity contribution in [3.63, 3.8) is 0 Å². The van der Waals surface area contributed by atoms with Crippen LogP contribution in [0.25, 0.3) is 0 Å². The van der Waals surface area contributed by atoms with E-state index in [1.807, 2.05) is 0 Å². The van der Waals surface area contributed by atoms with Crippen molar-refractivity contribution in [1.82, 2.24) is 4.90 Å². The predicted molar refractivity (Wildman–Crippen MR) is 88.3 cm³/mol. The number of hydrogen-bond donors (Lipinski definition) is 0. The highest BCUT2D eigenvalue weighted by Gasteiger charge is 2.55. The van der Waals surface area contributed by atoms with Gasteiger partial charge in [-0.05, 0) is 62.0 Å². The number of carbonyl (C=O) groups is 1. The lowest BCUT2D eigenvalue weighted by molar-refractivity contribution is -0.126. The Bertz CT molecular complexity index is 656. The van der Waals surface area contributed by atoms with Gasteiger partial charge in [-0.25, -0.2) is 0 Å². The van der Waals surface area contributed by atoms with Gasteiger partial charge >= 0.3 is 0 Å². The minimum absolute atomic E-state index is 0.0135. The number of likely N-dealkylation sites (tertiary alicyclic amines) is 1. The molecule has 23 heavy (non-hydrogen) atoms. The molecule has 1 heterocycles. The van der Waals surface area contributed by atoms with Crippen molar-refractivity contribution in [3.8, 4) is 11.5 Å². The average Bonchev–Trinajstić information content (AvgIpc) is 2.56. The molecule has 3 atom stereocenters. The minimum atomic E-state index is 0.0135. The Balaban J connectivity index is 1.91. The zero-order valence-electron chi connectivity index (χ0n) is 14.2. The SMILES string of the molecule is COc1cc2c(cc1OC)[C@]13CCN(C)[C@H](C2)[C@@H]1CCC(=O)C3. The van der Waals surface area contributed by atoms with E-state index in [0.29, 0.717) is 24.2 Å². The average molecular weight is 315 g/mol. The van der Waals surface area contributed by atoms with E-state index in [9.17, 15) is 4.79 Å². The van der Waals surface area contributed by atoms with Crippen molar-refractivity contribution in [3.05, 3.63) is 23.3 Å². The van der Waals surface area contributed by atoms with Crippen LogP contribution >= 0.6 is 0 Å². The summed E-state index contributed by atoms with van der Waals surface area (Å²) >= 11 is 0. The summed E-state index contributed by atoms with van der Waals surface area (Å²) in [4.78, 5) is 14.8. The van der Waals surface area contributed by atoms with Crippen LogP contribution in [0.5, 0.6) is 11.5 Å². The molecule has 0 amide bonds. The Morgan fingerprint density at radius 3 is 2.70 bits per heavy atom. The first-order valence-electron chi connectivity index (χ1n) is 8.56. The Morgan fingerprint density at radius 2 is 1.96 bits per heavy atom. The summed E-state index contributed by atoms with van der Waals surface area (Å²) in [6.07, 6.45) is 4.59. The second kappa shape index (κ2) is 5.23. The van der Waals surface area contributed by atoms with Gasteiger partial charge < -0.3 is 14.4 Å². The number of benzene rings is 1. The number of ketones is 1. The first-order chi connectivity index (χ1) is 11.1. The number of carbonyl (C=O) groups excluding carboxylic acids is 1. The molecule has 2 fully saturated rings. The Kier molecular flexibility index (Phi) is 3.41. The van der Waals surface area contributed by atoms with E-state index in [-0.39, 0.29) is 5.41 Å². The number of piperidine rings is 1. The van der Waals surface area contributed by atoms with Gasteiger partial charge in [-0.15, -0.1) is 0 Å². The van der Waals surface area contributed by atoms with Crippen LogP contribution in [0.4, 0.5) is 0 Å². The van der Waals surface area contributed by atoms with Crippen LogP contribution in [0.1, 0.15) is 36.8 Å². The monoisotopic (exact) mass is 315 g/mol. The molecule has 1 aliphatic heterocycles. The first kappa shape index (κ1) is 15.0. The molecule has 0 unspecified atom stereocenters. The maximum Gasteiger partial charge on any atom is 0.161 e. The van der Waals surface area contributed by atoms with E-state index in [4.69, 9.17) is 9.47 Å². The van der Waals surface area contributed by atoms with E-state index in [1.165, 1.54) is 11.1 Å². The molecular formula is C19H25NO3. The fourth-order valence-corrected chi connectivity index (χ4v) is 5.35. The third-order valence-electron chi connectivity index (χ3n) is 6.47. The minimum Gasteiger partial charge on any atom is -0.493 e. The second-order valence-electron chi connectivity index (χ2n) is 7.38. The van der Waals surface area contributed by atoms with Crippen molar-refractivity contribution >= 4 is 5.78 Å². The van der Waals surface area contributed by atoms with Gasteiger partial charge in [0.25, 0.3) is 0 Å².